The SMILES string of the molecule is Cc1[nH]c2c(Cl)cccc2c1CC#N. The zero-order valence-electron chi connectivity index (χ0n) is 7.76. The number of benzene rings is 1. The highest BCUT2D eigenvalue weighted by Crippen LogP contribution is 2.27. The van der Waals surface area contributed by atoms with Gasteiger partial charge in [-0.2, -0.15) is 5.26 Å². The van der Waals surface area contributed by atoms with Gasteiger partial charge in [0, 0.05) is 11.1 Å². The minimum atomic E-state index is 0.423. The van der Waals surface area contributed by atoms with Crippen LogP contribution in [-0.2, 0) is 6.42 Å². The Kier molecular flexibility index (Phi) is 2.18. The molecule has 0 amide bonds. The van der Waals surface area contributed by atoms with E-state index in [0.717, 1.165) is 22.2 Å². The molecule has 0 saturated heterocycles. The summed E-state index contributed by atoms with van der Waals surface area (Å²) >= 11 is 6.03. The van der Waals surface area contributed by atoms with Crippen molar-refractivity contribution in [1.29, 1.82) is 5.26 Å². The summed E-state index contributed by atoms with van der Waals surface area (Å²) in [6, 6.07) is 7.89. The summed E-state index contributed by atoms with van der Waals surface area (Å²) in [6.07, 6.45) is 0.423. The number of halogens is 1. The summed E-state index contributed by atoms with van der Waals surface area (Å²) in [5.41, 5.74) is 3.00. The van der Waals surface area contributed by atoms with Crippen LogP contribution in [-0.4, -0.2) is 4.98 Å². The molecule has 0 spiro atoms. The van der Waals surface area contributed by atoms with Crippen LogP contribution in [0.1, 0.15) is 11.3 Å². The lowest BCUT2D eigenvalue weighted by molar-refractivity contribution is 1.19. The predicted molar refractivity (Wildman–Crippen MR) is 57.4 cm³/mol. The Morgan fingerprint density at radius 3 is 3.00 bits per heavy atom. The third-order valence-corrected chi connectivity index (χ3v) is 2.67. The van der Waals surface area contributed by atoms with Crippen molar-refractivity contribution >= 4 is 22.5 Å². The molecule has 70 valence electrons. The van der Waals surface area contributed by atoms with E-state index < -0.39 is 0 Å². The Hall–Kier alpha value is -1.46. The van der Waals surface area contributed by atoms with Gasteiger partial charge in [-0.1, -0.05) is 23.7 Å². The highest BCUT2D eigenvalue weighted by atomic mass is 35.5. The molecule has 3 heteroatoms. The van der Waals surface area contributed by atoms with E-state index in [-0.39, 0.29) is 0 Å². The fourth-order valence-electron chi connectivity index (χ4n) is 1.67. The minimum absolute atomic E-state index is 0.423. The molecule has 1 heterocycles. The van der Waals surface area contributed by atoms with E-state index in [1.807, 2.05) is 25.1 Å². The Balaban J connectivity index is 2.78. The lowest BCUT2D eigenvalue weighted by Crippen LogP contribution is -1.81. The molecule has 14 heavy (non-hydrogen) atoms. The molecule has 0 radical (unpaired) electrons. The number of nitrogens with one attached hydrogen (secondary N) is 1. The predicted octanol–water partition coefficient (Wildman–Crippen LogP) is 3.20. The lowest BCUT2D eigenvalue weighted by Gasteiger charge is -1.94. The number of rotatable bonds is 1. The molecule has 0 unspecified atom stereocenters. The van der Waals surface area contributed by atoms with E-state index >= 15 is 0 Å². The van der Waals surface area contributed by atoms with Gasteiger partial charge in [0.25, 0.3) is 0 Å². The number of aryl methyl sites for hydroxylation is 1. The van der Waals surface area contributed by atoms with Crippen LogP contribution in [0.4, 0.5) is 0 Å². The second kappa shape index (κ2) is 3.36. The summed E-state index contributed by atoms with van der Waals surface area (Å²) in [5.74, 6) is 0. The molecule has 2 nitrogen and oxygen atoms in total. The van der Waals surface area contributed by atoms with Crippen LogP contribution in [0, 0.1) is 18.3 Å². The summed E-state index contributed by atoms with van der Waals surface area (Å²) in [4.78, 5) is 3.20. The maximum absolute atomic E-state index is 8.69. The molecule has 1 N–H and O–H groups in total. The lowest BCUT2D eigenvalue weighted by atomic mass is 10.1. The monoisotopic (exact) mass is 204 g/mol. The highest BCUT2D eigenvalue weighted by Gasteiger charge is 2.09. The van der Waals surface area contributed by atoms with E-state index in [0.29, 0.717) is 11.4 Å². The smallest absolute Gasteiger partial charge is 0.0670 e. The molecule has 2 rings (SSSR count). The van der Waals surface area contributed by atoms with Crippen molar-refractivity contribution in [3.05, 3.63) is 34.5 Å². The highest BCUT2D eigenvalue weighted by molar-refractivity contribution is 6.35. The van der Waals surface area contributed by atoms with Crippen molar-refractivity contribution in [3.63, 3.8) is 0 Å². The zero-order chi connectivity index (χ0) is 10.1. The van der Waals surface area contributed by atoms with Gasteiger partial charge in [-0.05, 0) is 18.6 Å². The Morgan fingerprint density at radius 2 is 2.29 bits per heavy atom. The molecule has 0 aliphatic heterocycles. The number of nitriles is 1. The standard InChI is InChI=1S/C11H9ClN2/c1-7-8(5-6-13)9-3-2-4-10(12)11(9)14-7/h2-4,14H,5H2,1H3. The van der Waals surface area contributed by atoms with Crippen LogP contribution in [0.25, 0.3) is 10.9 Å². The van der Waals surface area contributed by atoms with E-state index in [2.05, 4.69) is 11.1 Å². The molecule has 1 aromatic heterocycles. The van der Waals surface area contributed by atoms with Gasteiger partial charge in [0.05, 0.1) is 23.0 Å². The van der Waals surface area contributed by atoms with Crippen LogP contribution in [0.2, 0.25) is 5.02 Å². The second-order valence-electron chi connectivity index (χ2n) is 3.23. The first-order chi connectivity index (χ1) is 6.74. The van der Waals surface area contributed by atoms with Gasteiger partial charge in [0.1, 0.15) is 0 Å². The van der Waals surface area contributed by atoms with Crippen molar-refractivity contribution in [2.75, 3.05) is 0 Å². The first-order valence-corrected chi connectivity index (χ1v) is 4.74. The van der Waals surface area contributed by atoms with Gasteiger partial charge in [0.2, 0.25) is 0 Å². The van der Waals surface area contributed by atoms with Crippen LogP contribution < -0.4 is 0 Å². The minimum Gasteiger partial charge on any atom is -0.357 e. The molecule has 0 aliphatic rings. The van der Waals surface area contributed by atoms with Crippen LogP contribution in [0.5, 0.6) is 0 Å². The maximum Gasteiger partial charge on any atom is 0.0670 e. The summed E-state index contributed by atoms with van der Waals surface area (Å²) in [7, 11) is 0. The maximum atomic E-state index is 8.69. The number of para-hydroxylation sites is 1. The number of aromatic amines is 1. The first kappa shape index (κ1) is 9.11. The van der Waals surface area contributed by atoms with Gasteiger partial charge in [-0.15, -0.1) is 0 Å². The Bertz CT molecular complexity index is 520. The molecule has 0 fully saturated rings. The third kappa shape index (κ3) is 1.26. The van der Waals surface area contributed by atoms with Gasteiger partial charge in [-0.25, -0.2) is 0 Å². The Labute approximate surface area is 87.1 Å². The summed E-state index contributed by atoms with van der Waals surface area (Å²) in [6.45, 7) is 1.96. The first-order valence-electron chi connectivity index (χ1n) is 4.36. The van der Waals surface area contributed by atoms with E-state index in [1.165, 1.54) is 0 Å². The van der Waals surface area contributed by atoms with Crippen molar-refractivity contribution < 1.29 is 0 Å². The number of H-pyrrole nitrogens is 1. The molecule has 0 aliphatic carbocycles. The molecular weight excluding hydrogens is 196 g/mol. The number of fused-ring (bicyclic) bond motifs is 1. The van der Waals surface area contributed by atoms with Gasteiger partial charge >= 0.3 is 0 Å². The van der Waals surface area contributed by atoms with Gasteiger partial charge in [0.15, 0.2) is 0 Å². The fourth-order valence-corrected chi connectivity index (χ4v) is 1.90. The number of hydrogen-bond acceptors (Lipinski definition) is 1. The van der Waals surface area contributed by atoms with E-state index in [1.54, 1.807) is 0 Å². The fraction of sp³-hybridized carbons (Fsp3) is 0.182. The van der Waals surface area contributed by atoms with Crippen molar-refractivity contribution in [2.24, 2.45) is 0 Å². The molecule has 0 saturated carbocycles. The number of aromatic nitrogens is 1. The molecule has 0 atom stereocenters. The van der Waals surface area contributed by atoms with Crippen molar-refractivity contribution in [2.45, 2.75) is 13.3 Å². The summed E-state index contributed by atoms with van der Waals surface area (Å²) < 4.78 is 0. The van der Waals surface area contributed by atoms with Crippen molar-refractivity contribution in [3.8, 4) is 6.07 Å². The second-order valence-corrected chi connectivity index (χ2v) is 3.63. The largest absolute Gasteiger partial charge is 0.357 e. The number of hydrogen-bond donors (Lipinski definition) is 1. The van der Waals surface area contributed by atoms with Crippen LogP contribution in [0.15, 0.2) is 18.2 Å². The molecule has 1 aromatic carbocycles. The molecule has 2 aromatic rings. The average Bonchev–Trinajstić information content (AvgIpc) is 2.47. The normalized spacial score (nSPS) is 10.4. The zero-order valence-corrected chi connectivity index (χ0v) is 8.52. The van der Waals surface area contributed by atoms with Crippen LogP contribution in [0.3, 0.4) is 0 Å². The van der Waals surface area contributed by atoms with Crippen molar-refractivity contribution in [1.82, 2.24) is 4.98 Å². The van der Waals surface area contributed by atoms with E-state index in [9.17, 15) is 0 Å². The quantitative estimate of drug-likeness (QED) is 0.762. The molecule has 0 bridgehead atoms. The summed E-state index contributed by atoms with van der Waals surface area (Å²) in [5, 5.41) is 10.5. The third-order valence-electron chi connectivity index (χ3n) is 2.36. The van der Waals surface area contributed by atoms with E-state index in [4.69, 9.17) is 16.9 Å². The van der Waals surface area contributed by atoms with Crippen LogP contribution >= 0.6 is 11.6 Å². The molecular formula is C11H9ClN2. The average molecular weight is 205 g/mol. The van der Waals surface area contributed by atoms with Gasteiger partial charge in [-0.3, -0.25) is 0 Å². The van der Waals surface area contributed by atoms with Gasteiger partial charge < -0.3 is 4.98 Å². The topological polar surface area (TPSA) is 39.6 Å². The Morgan fingerprint density at radius 1 is 1.50 bits per heavy atom. The number of nitrogens with zero attached hydrogens (tertiary/aromatic N) is 1.